The van der Waals surface area contributed by atoms with Gasteiger partial charge in [-0.3, -0.25) is 9.63 Å². The van der Waals surface area contributed by atoms with Crippen LogP contribution in [0.2, 0.25) is 0 Å². The van der Waals surface area contributed by atoms with Crippen molar-refractivity contribution in [3.05, 3.63) is 71.4 Å². The van der Waals surface area contributed by atoms with Gasteiger partial charge in [-0.05, 0) is 50.1 Å². The van der Waals surface area contributed by atoms with Gasteiger partial charge >= 0.3 is 0 Å². The largest absolute Gasteiger partial charge is 0.278 e. The minimum Gasteiger partial charge on any atom is -0.274 e. The SMILES string of the molecule is CCONC(=O)c1cn(-c2ccccc2)nc1-c1ccc(C)c(C)c1. The number of amides is 1. The molecule has 3 rings (SSSR count). The lowest BCUT2D eigenvalue weighted by molar-refractivity contribution is 0.0365. The van der Waals surface area contributed by atoms with Crippen LogP contribution in [0, 0.1) is 13.8 Å². The molecule has 25 heavy (non-hydrogen) atoms. The van der Waals surface area contributed by atoms with E-state index in [4.69, 9.17) is 4.84 Å². The lowest BCUT2D eigenvalue weighted by atomic mass is 10.0. The number of hydroxylamine groups is 1. The number of rotatable bonds is 5. The summed E-state index contributed by atoms with van der Waals surface area (Å²) in [7, 11) is 0. The number of para-hydroxylation sites is 1. The van der Waals surface area contributed by atoms with E-state index in [1.807, 2.05) is 62.4 Å². The average molecular weight is 335 g/mol. The molecule has 128 valence electrons. The predicted octanol–water partition coefficient (Wildman–Crippen LogP) is 3.84. The zero-order valence-corrected chi connectivity index (χ0v) is 14.6. The van der Waals surface area contributed by atoms with Crippen LogP contribution in [0.4, 0.5) is 0 Å². The Labute approximate surface area is 147 Å². The van der Waals surface area contributed by atoms with E-state index in [0.717, 1.165) is 16.8 Å². The molecule has 3 aromatic rings. The van der Waals surface area contributed by atoms with Crippen molar-refractivity contribution in [1.82, 2.24) is 15.3 Å². The van der Waals surface area contributed by atoms with Gasteiger partial charge in [0.25, 0.3) is 5.91 Å². The monoisotopic (exact) mass is 335 g/mol. The molecule has 0 aliphatic rings. The Morgan fingerprint density at radius 2 is 1.88 bits per heavy atom. The molecular formula is C20H21N3O2. The fraction of sp³-hybridized carbons (Fsp3) is 0.200. The summed E-state index contributed by atoms with van der Waals surface area (Å²) in [6.45, 7) is 6.33. The van der Waals surface area contributed by atoms with Crippen LogP contribution < -0.4 is 5.48 Å². The van der Waals surface area contributed by atoms with E-state index in [1.54, 1.807) is 10.9 Å². The van der Waals surface area contributed by atoms with Gasteiger partial charge in [0.15, 0.2) is 0 Å². The first-order valence-electron chi connectivity index (χ1n) is 8.25. The highest BCUT2D eigenvalue weighted by atomic mass is 16.6. The van der Waals surface area contributed by atoms with Crippen LogP contribution in [0.15, 0.2) is 54.7 Å². The molecule has 1 heterocycles. The zero-order chi connectivity index (χ0) is 17.8. The van der Waals surface area contributed by atoms with Gasteiger partial charge in [-0.1, -0.05) is 30.3 Å². The van der Waals surface area contributed by atoms with Crippen molar-refractivity contribution in [2.75, 3.05) is 6.61 Å². The molecule has 0 aliphatic carbocycles. The number of benzene rings is 2. The van der Waals surface area contributed by atoms with Gasteiger partial charge in [0.2, 0.25) is 0 Å². The smallest absolute Gasteiger partial charge is 0.274 e. The van der Waals surface area contributed by atoms with Gasteiger partial charge in [0.1, 0.15) is 5.69 Å². The summed E-state index contributed by atoms with van der Waals surface area (Å²) in [5.74, 6) is -0.308. The Hall–Kier alpha value is -2.92. The first kappa shape index (κ1) is 16.9. The number of carbonyl (C=O) groups excluding carboxylic acids is 1. The van der Waals surface area contributed by atoms with Crippen LogP contribution in [0.1, 0.15) is 28.4 Å². The van der Waals surface area contributed by atoms with Crippen LogP contribution in [-0.2, 0) is 4.84 Å². The predicted molar refractivity (Wildman–Crippen MR) is 97.6 cm³/mol. The first-order chi connectivity index (χ1) is 12.1. The van der Waals surface area contributed by atoms with Crippen LogP contribution in [-0.4, -0.2) is 22.3 Å². The third kappa shape index (κ3) is 3.61. The molecule has 1 aromatic heterocycles. The standard InChI is InChI=1S/C20H21N3O2/c1-4-25-22-20(24)18-13-23(17-8-6-5-7-9-17)21-19(18)16-11-10-14(2)15(3)12-16/h5-13H,4H2,1-3H3,(H,22,24). The number of hydrogen-bond donors (Lipinski definition) is 1. The van der Waals surface area contributed by atoms with E-state index in [0.29, 0.717) is 17.9 Å². The van der Waals surface area contributed by atoms with Crippen molar-refractivity contribution in [2.24, 2.45) is 0 Å². The summed E-state index contributed by atoms with van der Waals surface area (Å²) in [6.07, 6.45) is 1.73. The summed E-state index contributed by atoms with van der Waals surface area (Å²) in [5.41, 5.74) is 7.71. The Balaban J connectivity index is 2.09. The Kier molecular flexibility index (Phi) is 4.95. The number of aryl methyl sites for hydroxylation is 2. The van der Waals surface area contributed by atoms with E-state index in [9.17, 15) is 4.79 Å². The second-order valence-electron chi connectivity index (χ2n) is 5.83. The van der Waals surface area contributed by atoms with Gasteiger partial charge in [-0.15, -0.1) is 0 Å². The minimum absolute atomic E-state index is 0.308. The van der Waals surface area contributed by atoms with Crippen LogP contribution in [0.3, 0.4) is 0 Å². The molecular weight excluding hydrogens is 314 g/mol. The normalized spacial score (nSPS) is 10.7. The second-order valence-corrected chi connectivity index (χ2v) is 5.83. The van der Waals surface area contributed by atoms with Crippen LogP contribution in [0.25, 0.3) is 16.9 Å². The quantitative estimate of drug-likeness (QED) is 0.721. The molecule has 0 saturated carbocycles. The molecule has 2 aromatic carbocycles. The Bertz CT molecular complexity index is 885. The third-order valence-electron chi connectivity index (χ3n) is 4.07. The van der Waals surface area contributed by atoms with E-state index in [2.05, 4.69) is 17.5 Å². The number of nitrogens with one attached hydrogen (secondary N) is 1. The van der Waals surface area contributed by atoms with Crippen molar-refractivity contribution < 1.29 is 9.63 Å². The number of aromatic nitrogens is 2. The molecule has 5 nitrogen and oxygen atoms in total. The maximum atomic E-state index is 12.5. The van der Waals surface area contributed by atoms with Crippen molar-refractivity contribution in [3.63, 3.8) is 0 Å². The highest BCUT2D eigenvalue weighted by Crippen LogP contribution is 2.25. The zero-order valence-electron chi connectivity index (χ0n) is 14.6. The highest BCUT2D eigenvalue weighted by Gasteiger charge is 2.19. The highest BCUT2D eigenvalue weighted by molar-refractivity contribution is 5.99. The Morgan fingerprint density at radius 1 is 1.12 bits per heavy atom. The van der Waals surface area contributed by atoms with Crippen molar-refractivity contribution in [1.29, 1.82) is 0 Å². The summed E-state index contributed by atoms with van der Waals surface area (Å²) < 4.78 is 1.71. The van der Waals surface area contributed by atoms with Gasteiger partial charge < -0.3 is 0 Å². The second kappa shape index (κ2) is 7.32. The molecule has 0 saturated heterocycles. The summed E-state index contributed by atoms with van der Waals surface area (Å²) in [6, 6.07) is 15.8. The number of hydrogen-bond acceptors (Lipinski definition) is 3. The summed E-state index contributed by atoms with van der Waals surface area (Å²) >= 11 is 0. The van der Waals surface area contributed by atoms with Gasteiger partial charge in [-0.25, -0.2) is 10.2 Å². The molecule has 0 atom stereocenters. The maximum absolute atomic E-state index is 12.5. The summed E-state index contributed by atoms with van der Waals surface area (Å²) in [5, 5.41) is 4.65. The molecule has 1 N–H and O–H groups in total. The molecule has 0 spiro atoms. The van der Waals surface area contributed by atoms with Crippen LogP contribution >= 0.6 is 0 Å². The maximum Gasteiger partial charge on any atom is 0.278 e. The molecule has 0 bridgehead atoms. The van der Waals surface area contributed by atoms with E-state index in [1.165, 1.54) is 5.56 Å². The van der Waals surface area contributed by atoms with Gasteiger partial charge in [0, 0.05) is 11.8 Å². The van der Waals surface area contributed by atoms with Gasteiger partial charge in [-0.2, -0.15) is 5.10 Å². The molecule has 5 heteroatoms. The van der Waals surface area contributed by atoms with Crippen molar-refractivity contribution in [3.8, 4) is 16.9 Å². The molecule has 0 unspecified atom stereocenters. The molecule has 0 radical (unpaired) electrons. The molecule has 1 amide bonds. The fourth-order valence-electron chi connectivity index (χ4n) is 2.55. The minimum atomic E-state index is -0.308. The first-order valence-corrected chi connectivity index (χ1v) is 8.25. The van der Waals surface area contributed by atoms with Crippen molar-refractivity contribution in [2.45, 2.75) is 20.8 Å². The van der Waals surface area contributed by atoms with E-state index >= 15 is 0 Å². The third-order valence-corrected chi connectivity index (χ3v) is 4.07. The fourth-order valence-corrected chi connectivity index (χ4v) is 2.55. The lowest BCUT2D eigenvalue weighted by Gasteiger charge is -2.06. The lowest BCUT2D eigenvalue weighted by Crippen LogP contribution is -2.23. The number of carbonyl (C=O) groups is 1. The van der Waals surface area contributed by atoms with E-state index in [-0.39, 0.29) is 5.91 Å². The molecule has 0 fully saturated rings. The van der Waals surface area contributed by atoms with E-state index < -0.39 is 0 Å². The average Bonchev–Trinajstić information content (AvgIpc) is 3.08. The number of nitrogens with zero attached hydrogens (tertiary/aromatic N) is 2. The molecule has 0 aliphatic heterocycles. The van der Waals surface area contributed by atoms with Crippen LogP contribution in [0.5, 0.6) is 0 Å². The Morgan fingerprint density at radius 3 is 2.56 bits per heavy atom. The van der Waals surface area contributed by atoms with Crippen molar-refractivity contribution >= 4 is 5.91 Å². The van der Waals surface area contributed by atoms with Gasteiger partial charge in [0.05, 0.1) is 17.9 Å². The summed E-state index contributed by atoms with van der Waals surface area (Å²) in [4.78, 5) is 17.6. The topological polar surface area (TPSA) is 56.1 Å².